The Hall–Kier alpha value is -1.36. The van der Waals surface area contributed by atoms with Gasteiger partial charge in [-0.3, -0.25) is 4.68 Å². The Bertz CT molecular complexity index is 714. The highest BCUT2D eigenvalue weighted by molar-refractivity contribution is 7.19. The van der Waals surface area contributed by atoms with E-state index in [0.717, 1.165) is 15.0 Å². The molecular formula is C15H15ClN2OS. The SMILES string of the molecule is CC(C)n1ncc(Cl)c1C(O)c1cc2ccccc2s1. The minimum Gasteiger partial charge on any atom is -0.381 e. The smallest absolute Gasteiger partial charge is 0.131 e. The maximum atomic E-state index is 10.7. The Morgan fingerprint density at radius 3 is 2.75 bits per heavy atom. The van der Waals surface area contributed by atoms with Crippen molar-refractivity contribution < 1.29 is 5.11 Å². The maximum Gasteiger partial charge on any atom is 0.131 e. The van der Waals surface area contributed by atoms with Crippen LogP contribution in [0.25, 0.3) is 10.1 Å². The van der Waals surface area contributed by atoms with Crippen LogP contribution >= 0.6 is 22.9 Å². The molecule has 0 fully saturated rings. The summed E-state index contributed by atoms with van der Waals surface area (Å²) in [5, 5.41) is 16.5. The standard InChI is InChI=1S/C15H15ClN2OS/c1-9(2)18-14(11(16)8-17-18)15(19)13-7-10-5-3-4-6-12(10)20-13/h3-9,15,19H,1-2H3. The molecule has 1 unspecified atom stereocenters. The number of aliphatic hydroxyl groups is 1. The molecule has 1 N–H and O–H groups in total. The van der Waals surface area contributed by atoms with Crippen molar-refractivity contribution in [1.29, 1.82) is 0 Å². The normalized spacial score (nSPS) is 13.2. The number of rotatable bonds is 3. The van der Waals surface area contributed by atoms with Crippen molar-refractivity contribution in [3.63, 3.8) is 0 Å². The van der Waals surface area contributed by atoms with Crippen LogP contribution < -0.4 is 0 Å². The summed E-state index contributed by atoms with van der Waals surface area (Å²) in [7, 11) is 0. The number of benzene rings is 1. The van der Waals surface area contributed by atoms with Crippen LogP contribution in [0.3, 0.4) is 0 Å². The minimum absolute atomic E-state index is 0.154. The zero-order valence-electron chi connectivity index (χ0n) is 11.2. The molecule has 104 valence electrons. The second kappa shape index (κ2) is 5.20. The molecule has 0 saturated heterocycles. The maximum absolute atomic E-state index is 10.7. The summed E-state index contributed by atoms with van der Waals surface area (Å²) >= 11 is 7.78. The molecule has 3 nitrogen and oxygen atoms in total. The lowest BCUT2D eigenvalue weighted by Gasteiger charge is -2.15. The van der Waals surface area contributed by atoms with Gasteiger partial charge in [-0.2, -0.15) is 5.10 Å². The third-order valence-electron chi connectivity index (χ3n) is 3.25. The number of hydrogen-bond donors (Lipinski definition) is 1. The first kappa shape index (κ1) is 13.6. The second-order valence-electron chi connectivity index (χ2n) is 5.01. The fourth-order valence-electron chi connectivity index (χ4n) is 2.29. The third-order valence-corrected chi connectivity index (χ3v) is 4.71. The monoisotopic (exact) mass is 306 g/mol. The van der Waals surface area contributed by atoms with Gasteiger partial charge in [-0.25, -0.2) is 0 Å². The predicted molar refractivity (Wildman–Crippen MR) is 83.5 cm³/mol. The fourth-order valence-corrected chi connectivity index (χ4v) is 3.58. The molecular weight excluding hydrogens is 292 g/mol. The van der Waals surface area contributed by atoms with Gasteiger partial charge >= 0.3 is 0 Å². The van der Waals surface area contributed by atoms with Crippen molar-refractivity contribution in [3.05, 3.63) is 52.1 Å². The van der Waals surface area contributed by atoms with E-state index in [1.54, 1.807) is 22.2 Å². The first-order valence-electron chi connectivity index (χ1n) is 6.47. The van der Waals surface area contributed by atoms with Gasteiger partial charge in [0.15, 0.2) is 0 Å². The van der Waals surface area contributed by atoms with Gasteiger partial charge in [0.25, 0.3) is 0 Å². The highest BCUT2D eigenvalue weighted by Crippen LogP contribution is 2.36. The van der Waals surface area contributed by atoms with Crippen molar-refractivity contribution in [1.82, 2.24) is 9.78 Å². The molecule has 2 aromatic heterocycles. The number of aliphatic hydroxyl groups excluding tert-OH is 1. The van der Waals surface area contributed by atoms with E-state index in [-0.39, 0.29) is 6.04 Å². The van der Waals surface area contributed by atoms with E-state index in [0.29, 0.717) is 10.7 Å². The average Bonchev–Trinajstić information content (AvgIpc) is 3.01. The van der Waals surface area contributed by atoms with Gasteiger partial charge < -0.3 is 5.11 Å². The molecule has 3 rings (SSSR count). The molecule has 1 aromatic carbocycles. The van der Waals surface area contributed by atoms with E-state index in [1.165, 1.54) is 0 Å². The second-order valence-corrected chi connectivity index (χ2v) is 6.53. The Morgan fingerprint density at radius 2 is 2.05 bits per heavy atom. The molecule has 20 heavy (non-hydrogen) atoms. The lowest BCUT2D eigenvalue weighted by atomic mass is 10.2. The first-order valence-corrected chi connectivity index (χ1v) is 7.67. The number of aromatic nitrogens is 2. The minimum atomic E-state index is -0.746. The lowest BCUT2D eigenvalue weighted by molar-refractivity contribution is 0.209. The Balaban J connectivity index is 2.08. The predicted octanol–water partition coefficient (Wildman–Crippen LogP) is 4.41. The molecule has 0 aliphatic heterocycles. The summed E-state index contributed by atoms with van der Waals surface area (Å²) < 4.78 is 2.94. The number of halogens is 1. The van der Waals surface area contributed by atoms with Crippen LogP contribution in [-0.2, 0) is 0 Å². The van der Waals surface area contributed by atoms with Crippen LogP contribution in [0, 0.1) is 0 Å². The van der Waals surface area contributed by atoms with Crippen molar-refractivity contribution in [3.8, 4) is 0 Å². The number of nitrogens with zero attached hydrogens (tertiary/aromatic N) is 2. The van der Waals surface area contributed by atoms with Crippen LogP contribution in [0.5, 0.6) is 0 Å². The van der Waals surface area contributed by atoms with Crippen LogP contribution in [0.15, 0.2) is 36.5 Å². The molecule has 0 amide bonds. The van der Waals surface area contributed by atoms with Gasteiger partial charge in [-0.1, -0.05) is 29.8 Å². The van der Waals surface area contributed by atoms with E-state index < -0.39 is 6.10 Å². The molecule has 5 heteroatoms. The summed E-state index contributed by atoms with van der Waals surface area (Å²) in [6.45, 7) is 4.04. The summed E-state index contributed by atoms with van der Waals surface area (Å²) in [5.74, 6) is 0. The van der Waals surface area contributed by atoms with Gasteiger partial charge in [0.2, 0.25) is 0 Å². The van der Waals surface area contributed by atoms with E-state index >= 15 is 0 Å². The van der Waals surface area contributed by atoms with Crippen LogP contribution in [0.2, 0.25) is 5.02 Å². The molecule has 3 aromatic rings. The first-order chi connectivity index (χ1) is 9.58. The van der Waals surface area contributed by atoms with Crippen LogP contribution in [0.1, 0.15) is 36.6 Å². The molecule has 0 spiro atoms. The Kier molecular flexibility index (Phi) is 3.54. The van der Waals surface area contributed by atoms with Crippen molar-refractivity contribution in [2.75, 3.05) is 0 Å². The number of thiophene rings is 1. The molecule has 2 heterocycles. The molecule has 0 saturated carbocycles. The van der Waals surface area contributed by atoms with Crippen molar-refractivity contribution >= 4 is 33.0 Å². The molecule has 0 aliphatic carbocycles. The zero-order valence-corrected chi connectivity index (χ0v) is 12.8. The topological polar surface area (TPSA) is 38.0 Å². The summed E-state index contributed by atoms with van der Waals surface area (Å²) in [5.41, 5.74) is 0.660. The average molecular weight is 307 g/mol. The van der Waals surface area contributed by atoms with E-state index in [9.17, 15) is 5.11 Å². The van der Waals surface area contributed by atoms with Gasteiger partial charge in [-0.15, -0.1) is 11.3 Å². The zero-order chi connectivity index (χ0) is 14.3. The van der Waals surface area contributed by atoms with Crippen molar-refractivity contribution in [2.24, 2.45) is 0 Å². The van der Waals surface area contributed by atoms with Gasteiger partial charge in [0.05, 0.1) is 16.9 Å². The Morgan fingerprint density at radius 1 is 1.30 bits per heavy atom. The molecule has 0 radical (unpaired) electrons. The summed E-state index contributed by atoms with van der Waals surface area (Å²) in [4.78, 5) is 0.885. The summed E-state index contributed by atoms with van der Waals surface area (Å²) in [6.07, 6.45) is 0.845. The Labute approximate surface area is 126 Å². The van der Waals surface area contributed by atoms with Crippen LogP contribution in [-0.4, -0.2) is 14.9 Å². The van der Waals surface area contributed by atoms with E-state index in [1.807, 2.05) is 38.1 Å². The molecule has 1 atom stereocenters. The third kappa shape index (κ3) is 2.24. The van der Waals surface area contributed by atoms with Gasteiger partial charge in [-0.05, 0) is 31.4 Å². The highest BCUT2D eigenvalue weighted by atomic mass is 35.5. The van der Waals surface area contributed by atoms with E-state index in [2.05, 4.69) is 11.2 Å². The van der Waals surface area contributed by atoms with Gasteiger partial charge in [0, 0.05) is 15.6 Å². The largest absolute Gasteiger partial charge is 0.381 e. The molecule has 0 aliphatic rings. The quantitative estimate of drug-likeness (QED) is 0.778. The highest BCUT2D eigenvalue weighted by Gasteiger charge is 2.22. The van der Waals surface area contributed by atoms with Crippen molar-refractivity contribution in [2.45, 2.75) is 26.0 Å². The number of fused-ring (bicyclic) bond motifs is 1. The molecule has 0 bridgehead atoms. The summed E-state index contributed by atoms with van der Waals surface area (Å²) in [6, 6.07) is 10.3. The van der Waals surface area contributed by atoms with Gasteiger partial charge in [0.1, 0.15) is 6.10 Å². The lowest BCUT2D eigenvalue weighted by Crippen LogP contribution is -2.11. The van der Waals surface area contributed by atoms with Crippen LogP contribution in [0.4, 0.5) is 0 Å². The fraction of sp³-hybridized carbons (Fsp3) is 0.267. The number of hydrogen-bond acceptors (Lipinski definition) is 3. The van der Waals surface area contributed by atoms with E-state index in [4.69, 9.17) is 11.6 Å².